The summed E-state index contributed by atoms with van der Waals surface area (Å²) in [7, 11) is 5.79. The molecule has 0 bridgehead atoms. The lowest BCUT2D eigenvalue weighted by molar-refractivity contribution is -0.129. The second-order valence-electron chi connectivity index (χ2n) is 5.08. The molecule has 0 aliphatic carbocycles. The van der Waals surface area contributed by atoms with Crippen LogP contribution in [0.4, 0.5) is 0 Å². The number of hydrogen-bond acceptors (Lipinski definition) is 3. The van der Waals surface area contributed by atoms with E-state index in [0.717, 1.165) is 6.54 Å². The van der Waals surface area contributed by atoms with Crippen LogP contribution in [0.25, 0.3) is 0 Å². The molecule has 94 valence electrons. The Morgan fingerprint density at radius 2 is 2.25 bits per heavy atom. The number of rotatable bonds is 5. The van der Waals surface area contributed by atoms with E-state index in [1.54, 1.807) is 19.0 Å². The number of carbonyl (C=O) groups excluding carboxylic acids is 1. The van der Waals surface area contributed by atoms with Crippen LogP contribution in [-0.2, 0) is 4.79 Å². The number of nitrogens with zero attached hydrogens (tertiary/aromatic N) is 2. The molecule has 16 heavy (non-hydrogen) atoms. The number of hydrogen-bond donors (Lipinski definition) is 1. The summed E-state index contributed by atoms with van der Waals surface area (Å²) in [6.45, 7) is 4.28. The molecule has 0 aromatic carbocycles. The molecule has 0 spiro atoms. The summed E-state index contributed by atoms with van der Waals surface area (Å²) in [5.41, 5.74) is 0. The molecule has 1 amide bonds. The van der Waals surface area contributed by atoms with Gasteiger partial charge in [0.1, 0.15) is 0 Å². The zero-order chi connectivity index (χ0) is 12.1. The summed E-state index contributed by atoms with van der Waals surface area (Å²) >= 11 is 0. The normalized spacial score (nSPS) is 23.4. The first-order chi connectivity index (χ1) is 7.50. The Morgan fingerprint density at radius 1 is 1.56 bits per heavy atom. The van der Waals surface area contributed by atoms with E-state index in [1.165, 1.54) is 19.4 Å². The van der Waals surface area contributed by atoms with E-state index in [9.17, 15) is 4.79 Å². The largest absolute Gasteiger partial charge is 0.349 e. The van der Waals surface area contributed by atoms with Gasteiger partial charge in [0.25, 0.3) is 0 Å². The van der Waals surface area contributed by atoms with Crippen molar-refractivity contribution in [2.24, 2.45) is 0 Å². The van der Waals surface area contributed by atoms with Crippen LogP contribution in [0.1, 0.15) is 26.2 Å². The molecule has 1 saturated heterocycles. The van der Waals surface area contributed by atoms with Crippen LogP contribution in [-0.4, -0.2) is 62.0 Å². The summed E-state index contributed by atoms with van der Waals surface area (Å²) in [6.07, 6.45) is 3.16. The van der Waals surface area contributed by atoms with Gasteiger partial charge in [0.2, 0.25) is 5.91 Å². The number of nitrogens with one attached hydrogen (secondary N) is 1. The van der Waals surface area contributed by atoms with Gasteiger partial charge in [-0.2, -0.15) is 0 Å². The van der Waals surface area contributed by atoms with Gasteiger partial charge in [0.15, 0.2) is 0 Å². The Kier molecular flexibility index (Phi) is 5.22. The maximum atomic E-state index is 11.5. The molecule has 0 saturated carbocycles. The van der Waals surface area contributed by atoms with Crippen molar-refractivity contribution in [1.29, 1.82) is 0 Å². The van der Waals surface area contributed by atoms with E-state index in [-0.39, 0.29) is 11.9 Å². The third kappa shape index (κ3) is 4.10. The summed E-state index contributed by atoms with van der Waals surface area (Å²) in [5.74, 6) is 0.194. The molecule has 0 aromatic heterocycles. The molecule has 4 nitrogen and oxygen atoms in total. The minimum Gasteiger partial charge on any atom is -0.349 e. The predicted octanol–water partition coefficient (Wildman–Crippen LogP) is 0.537. The van der Waals surface area contributed by atoms with E-state index in [1.807, 2.05) is 0 Å². The first-order valence-electron chi connectivity index (χ1n) is 6.14. The van der Waals surface area contributed by atoms with Crippen molar-refractivity contribution in [2.75, 3.05) is 34.2 Å². The third-order valence-electron chi connectivity index (χ3n) is 3.35. The Balaban J connectivity index is 2.19. The van der Waals surface area contributed by atoms with Crippen LogP contribution >= 0.6 is 0 Å². The van der Waals surface area contributed by atoms with Gasteiger partial charge < -0.3 is 15.1 Å². The molecule has 1 aliphatic rings. The Labute approximate surface area is 99.0 Å². The fourth-order valence-corrected chi connectivity index (χ4v) is 2.09. The quantitative estimate of drug-likeness (QED) is 0.744. The molecule has 1 N–H and O–H groups in total. The Bertz CT molecular complexity index is 230. The molecule has 0 radical (unpaired) electrons. The molecule has 4 heteroatoms. The summed E-state index contributed by atoms with van der Waals surface area (Å²) in [4.78, 5) is 15.5. The predicted molar refractivity (Wildman–Crippen MR) is 66.4 cm³/mol. The lowest BCUT2D eigenvalue weighted by Gasteiger charge is -2.23. The lowest BCUT2D eigenvalue weighted by atomic mass is 10.2. The van der Waals surface area contributed by atoms with Crippen LogP contribution < -0.4 is 5.32 Å². The molecule has 0 aromatic rings. The highest BCUT2D eigenvalue weighted by Crippen LogP contribution is 2.13. The van der Waals surface area contributed by atoms with Gasteiger partial charge in [-0.25, -0.2) is 0 Å². The van der Waals surface area contributed by atoms with Crippen LogP contribution in [0, 0.1) is 0 Å². The first-order valence-corrected chi connectivity index (χ1v) is 6.14. The summed E-state index contributed by atoms with van der Waals surface area (Å²) < 4.78 is 0. The summed E-state index contributed by atoms with van der Waals surface area (Å²) in [6, 6.07) is 0.917. The van der Waals surface area contributed by atoms with Crippen molar-refractivity contribution in [3.05, 3.63) is 0 Å². The number of amides is 1. The molecule has 1 rings (SSSR count). The number of likely N-dealkylation sites (tertiary alicyclic amines) is 1. The van der Waals surface area contributed by atoms with Gasteiger partial charge in [-0.15, -0.1) is 0 Å². The SMILES string of the molecule is CC(CC(=O)N(C)C)NCC1CCCN1C. The monoisotopic (exact) mass is 227 g/mol. The van der Waals surface area contributed by atoms with Crippen molar-refractivity contribution in [1.82, 2.24) is 15.1 Å². The highest BCUT2D eigenvalue weighted by molar-refractivity contribution is 5.76. The van der Waals surface area contributed by atoms with Gasteiger partial charge in [0.05, 0.1) is 0 Å². The second-order valence-corrected chi connectivity index (χ2v) is 5.08. The van der Waals surface area contributed by atoms with Gasteiger partial charge in [-0.3, -0.25) is 4.79 Å². The average Bonchev–Trinajstić information content (AvgIpc) is 2.61. The van der Waals surface area contributed by atoms with Gasteiger partial charge in [0, 0.05) is 39.1 Å². The van der Waals surface area contributed by atoms with Gasteiger partial charge >= 0.3 is 0 Å². The van der Waals surface area contributed by atoms with E-state index in [2.05, 4.69) is 24.2 Å². The van der Waals surface area contributed by atoms with Crippen molar-refractivity contribution < 1.29 is 4.79 Å². The van der Waals surface area contributed by atoms with Crippen molar-refractivity contribution in [2.45, 2.75) is 38.3 Å². The minimum atomic E-state index is 0.194. The van der Waals surface area contributed by atoms with E-state index in [4.69, 9.17) is 0 Å². The number of carbonyl (C=O) groups is 1. The van der Waals surface area contributed by atoms with Crippen LogP contribution in [0.5, 0.6) is 0 Å². The second kappa shape index (κ2) is 6.21. The van der Waals surface area contributed by atoms with Crippen molar-refractivity contribution in [3.8, 4) is 0 Å². The van der Waals surface area contributed by atoms with Crippen LogP contribution in [0.2, 0.25) is 0 Å². The maximum absolute atomic E-state index is 11.5. The zero-order valence-corrected chi connectivity index (χ0v) is 11.0. The Morgan fingerprint density at radius 3 is 2.75 bits per heavy atom. The average molecular weight is 227 g/mol. The topological polar surface area (TPSA) is 35.6 Å². The molecule has 2 unspecified atom stereocenters. The van der Waals surface area contributed by atoms with E-state index < -0.39 is 0 Å². The molecule has 1 fully saturated rings. The highest BCUT2D eigenvalue weighted by Gasteiger charge is 2.21. The highest BCUT2D eigenvalue weighted by atomic mass is 16.2. The van der Waals surface area contributed by atoms with E-state index >= 15 is 0 Å². The standard InChI is InChI=1S/C12H25N3O/c1-10(8-12(16)14(2)3)13-9-11-6-5-7-15(11)4/h10-11,13H,5-9H2,1-4H3. The van der Waals surface area contributed by atoms with Crippen molar-refractivity contribution in [3.63, 3.8) is 0 Å². The van der Waals surface area contributed by atoms with Crippen LogP contribution in [0.3, 0.4) is 0 Å². The zero-order valence-electron chi connectivity index (χ0n) is 11.0. The Hall–Kier alpha value is -0.610. The van der Waals surface area contributed by atoms with Gasteiger partial charge in [-0.1, -0.05) is 0 Å². The first kappa shape index (κ1) is 13.5. The van der Waals surface area contributed by atoms with E-state index in [0.29, 0.717) is 12.5 Å². The smallest absolute Gasteiger partial charge is 0.223 e. The van der Waals surface area contributed by atoms with Crippen LogP contribution in [0.15, 0.2) is 0 Å². The third-order valence-corrected chi connectivity index (χ3v) is 3.35. The van der Waals surface area contributed by atoms with Crippen molar-refractivity contribution >= 4 is 5.91 Å². The molecular weight excluding hydrogens is 202 g/mol. The maximum Gasteiger partial charge on any atom is 0.223 e. The van der Waals surface area contributed by atoms with Gasteiger partial charge in [-0.05, 0) is 33.4 Å². The molecular formula is C12H25N3O. The lowest BCUT2D eigenvalue weighted by Crippen LogP contribution is -2.41. The minimum absolute atomic E-state index is 0.194. The fraction of sp³-hybridized carbons (Fsp3) is 0.917. The molecule has 1 aliphatic heterocycles. The molecule has 2 atom stereocenters. The summed E-state index contributed by atoms with van der Waals surface area (Å²) in [5, 5.41) is 3.45. The molecule has 1 heterocycles. The fourth-order valence-electron chi connectivity index (χ4n) is 2.09. The number of likely N-dealkylation sites (N-methyl/N-ethyl adjacent to an activating group) is 1.